The molecular weight excluding hydrogens is 224 g/mol. The summed E-state index contributed by atoms with van der Waals surface area (Å²) >= 11 is 0. The van der Waals surface area contributed by atoms with Crippen molar-refractivity contribution in [3.05, 3.63) is 35.6 Å². The number of aryl methyl sites for hydroxylation is 1. The van der Waals surface area contributed by atoms with Gasteiger partial charge in [0, 0.05) is 5.92 Å². The zero-order valence-electron chi connectivity index (χ0n) is 11.0. The van der Waals surface area contributed by atoms with Crippen molar-refractivity contribution in [2.75, 3.05) is 5.73 Å². The van der Waals surface area contributed by atoms with E-state index in [0.717, 1.165) is 23.3 Å². The summed E-state index contributed by atoms with van der Waals surface area (Å²) in [5, 5.41) is 3.94. The summed E-state index contributed by atoms with van der Waals surface area (Å²) in [4.78, 5) is 0. The Hall–Kier alpha value is -1.77. The van der Waals surface area contributed by atoms with Gasteiger partial charge in [0.1, 0.15) is 5.76 Å². The van der Waals surface area contributed by atoms with Crippen LogP contribution in [0.3, 0.4) is 0 Å². The van der Waals surface area contributed by atoms with Crippen LogP contribution in [0.15, 0.2) is 28.8 Å². The summed E-state index contributed by atoms with van der Waals surface area (Å²) in [5.41, 5.74) is 9.58. The molecule has 1 heterocycles. The number of rotatable bonds is 2. The molecule has 0 aliphatic heterocycles. The molecule has 0 spiro atoms. The van der Waals surface area contributed by atoms with Gasteiger partial charge >= 0.3 is 0 Å². The Morgan fingerprint density at radius 1 is 1.28 bits per heavy atom. The van der Waals surface area contributed by atoms with E-state index in [0.29, 0.717) is 17.2 Å². The molecule has 3 heteroatoms. The first-order valence-corrected chi connectivity index (χ1v) is 6.31. The Kier molecular flexibility index (Phi) is 2.27. The van der Waals surface area contributed by atoms with Gasteiger partial charge in [-0.1, -0.05) is 48.8 Å². The minimum absolute atomic E-state index is 0.311. The second-order valence-corrected chi connectivity index (χ2v) is 5.92. The fourth-order valence-electron chi connectivity index (χ4n) is 2.48. The molecule has 0 bridgehead atoms. The molecule has 0 radical (unpaired) electrons. The molecule has 1 aliphatic rings. The first kappa shape index (κ1) is 11.3. The molecule has 1 atom stereocenters. The lowest BCUT2D eigenvalue weighted by Crippen LogP contribution is -1.93. The number of hydrogen-bond acceptors (Lipinski definition) is 3. The van der Waals surface area contributed by atoms with Crippen LogP contribution in [0.2, 0.25) is 0 Å². The summed E-state index contributed by atoms with van der Waals surface area (Å²) < 4.78 is 5.46. The zero-order valence-corrected chi connectivity index (χ0v) is 11.0. The first-order valence-electron chi connectivity index (χ1n) is 6.31. The van der Waals surface area contributed by atoms with E-state index in [1.54, 1.807) is 0 Å². The van der Waals surface area contributed by atoms with Gasteiger partial charge in [0.2, 0.25) is 0 Å². The molecule has 3 rings (SSSR count). The monoisotopic (exact) mass is 242 g/mol. The molecule has 2 N–H and O–H groups in total. The van der Waals surface area contributed by atoms with Crippen molar-refractivity contribution in [3.8, 4) is 11.1 Å². The molecule has 1 aliphatic carbocycles. The van der Waals surface area contributed by atoms with E-state index in [1.807, 2.05) is 0 Å². The van der Waals surface area contributed by atoms with E-state index in [2.05, 4.69) is 50.2 Å². The molecule has 0 amide bonds. The van der Waals surface area contributed by atoms with Crippen molar-refractivity contribution in [2.45, 2.75) is 33.1 Å². The maximum absolute atomic E-state index is 5.96. The van der Waals surface area contributed by atoms with Crippen LogP contribution >= 0.6 is 0 Å². The van der Waals surface area contributed by atoms with Crippen LogP contribution in [-0.4, -0.2) is 5.16 Å². The Balaban J connectivity index is 2.06. The third kappa shape index (κ3) is 1.70. The Labute approximate surface area is 107 Å². The quantitative estimate of drug-likeness (QED) is 0.872. The van der Waals surface area contributed by atoms with Crippen LogP contribution in [0.5, 0.6) is 0 Å². The normalized spacial score (nSPS) is 20.9. The highest BCUT2D eigenvalue weighted by molar-refractivity contribution is 5.76. The molecular formula is C15H18N2O. The van der Waals surface area contributed by atoms with E-state index in [-0.39, 0.29) is 0 Å². The van der Waals surface area contributed by atoms with E-state index in [4.69, 9.17) is 10.3 Å². The van der Waals surface area contributed by atoms with Crippen LogP contribution in [0.4, 0.5) is 5.82 Å². The van der Waals surface area contributed by atoms with Gasteiger partial charge in [-0.15, -0.1) is 0 Å². The van der Waals surface area contributed by atoms with Crippen LogP contribution in [0.25, 0.3) is 11.1 Å². The molecule has 1 saturated carbocycles. The van der Waals surface area contributed by atoms with Crippen molar-refractivity contribution < 1.29 is 4.52 Å². The topological polar surface area (TPSA) is 52.0 Å². The Morgan fingerprint density at radius 2 is 1.89 bits per heavy atom. The van der Waals surface area contributed by atoms with Gasteiger partial charge in [0.05, 0.1) is 5.56 Å². The second-order valence-electron chi connectivity index (χ2n) is 5.92. The molecule has 1 aromatic heterocycles. The van der Waals surface area contributed by atoms with E-state index < -0.39 is 0 Å². The van der Waals surface area contributed by atoms with Crippen molar-refractivity contribution >= 4 is 5.82 Å². The van der Waals surface area contributed by atoms with Crippen LogP contribution in [0, 0.1) is 12.3 Å². The SMILES string of the molecule is Cc1ccc(-c2c(N)noc2C2CC2(C)C)cc1. The summed E-state index contributed by atoms with van der Waals surface area (Å²) in [6.07, 6.45) is 1.14. The third-order valence-electron chi connectivity index (χ3n) is 3.92. The average Bonchev–Trinajstić information content (AvgIpc) is 2.78. The van der Waals surface area contributed by atoms with Gasteiger partial charge in [0.15, 0.2) is 5.82 Å². The Morgan fingerprint density at radius 3 is 2.44 bits per heavy atom. The van der Waals surface area contributed by atoms with Crippen molar-refractivity contribution in [1.82, 2.24) is 5.16 Å². The molecule has 2 aromatic rings. The maximum Gasteiger partial charge on any atom is 0.175 e. The standard InChI is InChI=1S/C15H18N2O/c1-9-4-6-10(7-5-9)12-13(18-17-14(12)16)11-8-15(11,2)3/h4-7,11H,8H2,1-3H3,(H2,16,17). The van der Waals surface area contributed by atoms with E-state index in [1.165, 1.54) is 5.56 Å². The molecule has 0 saturated heterocycles. The van der Waals surface area contributed by atoms with Gasteiger partial charge in [-0.25, -0.2) is 0 Å². The molecule has 94 valence electrons. The highest BCUT2D eigenvalue weighted by Gasteiger charge is 2.50. The number of anilines is 1. The maximum atomic E-state index is 5.96. The highest BCUT2D eigenvalue weighted by atomic mass is 16.5. The van der Waals surface area contributed by atoms with Gasteiger partial charge in [-0.3, -0.25) is 0 Å². The molecule has 1 aromatic carbocycles. The van der Waals surface area contributed by atoms with Gasteiger partial charge in [0.25, 0.3) is 0 Å². The fraction of sp³-hybridized carbons (Fsp3) is 0.400. The van der Waals surface area contributed by atoms with Crippen molar-refractivity contribution in [2.24, 2.45) is 5.41 Å². The smallest absolute Gasteiger partial charge is 0.175 e. The lowest BCUT2D eigenvalue weighted by molar-refractivity contribution is 0.376. The van der Waals surface area contributed by atoms with E-state index >= 15 is 0 Å². The predicted molar refractivity (Wildman–Crippen MR) is 72.2 cm³/mol. The highest BCUT2D eigenvalue weighted by Crippen LogP contribution is 2.60. The molecule has 3 nitrogen and oxygen atoms in total. The second kappa shape index (κ2) is 3.61. The average molecular weight is 242 g/mol. The van der Waals surface area contributed by atoms with Gasteiger partial charge < -0.3 is 10.3 Å². The number of aromatic nitrogens is 1. The first-order chi connectivity index (χ1) is 8.49. The van der Waals surface area contributed by atoms with Gasteiger partial charge in [-0.05, 0) is 24.3 Å². The Bertz CT molecular complexity index is 581. The van der Waals surface area contributed by atoms with Crippen LogP contribution < -0.4 is 5.73 Å². The summed E-state index contributed by atoms with van der Waals surface area (Å²) in [6.45, 7) is 6.57. The number of nitrogens with zero attached hydrogens (tertiary/aromatic N) is 1. The lowest BCUT2D eigenvalue weighted by atomic mass is 9.99. The fourth-order valence-corrected chi connectivity index (χ4v) is 2.48. The molecule has 1 fully saturated rings. The number of nitrogens with two attached hydrogens (primary N) is 1. The lowest BCUT2D eigenvalue weighted by Gasteiger charge is -2.04. The van der Waals surface area contributed by atoms with Crippen molar-refractivity contribution in [3.63, 3.8) is 0 Å². The minimum Gasteiger partial charge on any atom is -0.380 e. The molecule has 1 unspecified atom stereocenters. The van der Waals surface area contributed by atoms with Gasteiger partial charge in [-0.2, -0.15) is 0 Å². The third-order valence-corrected chi connectivity index (χ3v) is 3.92. The number of nitrogen functional groups attached to an aromatic ring is 1. The number of benzene rings is 1. The van der Waals surface area contributed by atoms with Crippen LogP contribution in [0.1, 0.15) is 37.5 Å². The summed E-state index contributed by atoms with van der Waals surface area (Å²) in [5.74, 6) is 1.89. The van der Waals surface area contributed by atoms with E-state index in [9.17, 15) is 0 Å². The minimum atomic E-state index is 0.311. The largest absolute Gasteiger partial charge is 0.380 e. The molecule has 18 heavy (non-hydrogen) atoms. The predicted octanol–water partition coefficient (Wildman–Crippen LogP) is 3.75. The summed E-state index contributed by atoms with van der Waals surface area (Å²) in [7, 11) is 0. The van der Waals surface area contributed by atoms with Crippen molar-refractivity contribution in [1.29, 1.82) is 0 Å². The summed E-state index contributed by atoms with van der Waals surface area (Å²) in [6, 6.07) is 8.33. The zero-order chi connectivity index (χ0) is 12.9. The van der Waals surface area contributed by atoms with Crippen LogP contribution in [-0.2, 0) is 0 Å². The number of hydrogen-bond donors (Lipinski definition) is 1.